The van der Waals surface area contributed by atoms with E-state index >= 15 is 0 Å². The van der Waals surface area contributed by atoms with Gasteiger partial charge in [-0.1, -0.05) is 6.07 Å². The molecule has 0 amide bonds. The molecule has 0 atom stereocenters. The highest BCUT2D eigenvalue weighted by Gasteiger charge is 2.18. The van der Waals surface area contributed by atoms with Crippen LogP contribution in [0.15, 0.2) is 17.0 Å². The Balaban J connectivity index is 3.34. The van der Waals surface area contributed by atoms with E-state index in [0.717, 1.165) is 5.56 Å². The van der Waals surface area contributed by atoms with Gasteiger partial charge >= 0.3 is 0 Å². The second-order valence-electron chi connectivity index (χ2n) is 3.63. The molecule has 1 aromatic carbocycles. The summed E-state index contributed by atoms with van der Waals surface area (Å²) in [6.45, 7) is 3.21. The number of rotatable bonds is 4. The van der Waals surface area contributed by atoms with Crippen molar-refractivity contribution in [1.29, 1.82) is 0 Å². The third kappa shape index (κ3) is 2.54. The Labute approximate surface area is 95.8 Å². The molecule has 4 nitrogen and oxygen atoms in total. The Morgan fingerprint density at radius 1 is 1.25 bits per heavy atom. The van der Waals surface area contributed by atoms with Gasteiger partial charge in [0.25, 0.3) is 0 Å². The van der Waals surface area contributed by atoms with Crippen LogP contribution in [-0.2, 0) is 9.84 Å². The molecule has 16 heavy (non-hydrogen) atoms. The largest absolute Gasteiger partial charge is 0.496 e. The van der Waals surface area contributed by atoms with Gasteiger partial charge in [-0.05, 0) is 31.0 Å². The summed E-state index contributed by atoms with van der Waals surface area (Å²) in [6.07, 6.45) is 0. The van der Waals surface area contributed by atoms with Crippen LogP contribution in [0, 0.1) is 13.8 Å². The quantitative estimate of drug-likeness (QED) is 0.860. The monoisotopic (exact) mass is 244 g/mol. The maximum Gasteiger partial charge on any atom is 0.181 e. The van der Waals surface area contributed by atoms with E-state index in [0.29, 0.717) is 11.3 Å². The molecule has 0 saturated heterocycles. The summed E-state index contributed by atoms with van der Waals surface area (Å²) in [4.78, 5) is 0.226. The van der Waals surface area contributed by atoms with Crippen molar-refractivity contribution < 1.29 is 18.3 Å². The first-order valence-electron chi connectivity index (χ1n) is 4.91. The van der Waals surface area contributed by atoms with Crippen LogP contribution in [-0.4, -0.2) is 33.0 Å². The zero-order chi connectivity index (χ0) is 12.3. The van der Waals surface area contributed by atoms with E-state index < -0.39 is 9.84 Å². The Bertz CT molecular complexity index is 477. The number of aliphatic hydroxyl groups excluding tert-OH is 1. The predicted molar refractivity (Wildman–Crippen MR) is 61.6 cm³/mol. The van der Waals surface area contributed by atoms with Crippen molar-refractivity contribution in [3.8, 4) is 5.75 Å². The highest BCUT2D eigenvalue weighted by Crippen LogP contribution is 2.26. The molecule has 0 aliphatic carbocycles. The Hall–Kier alpha value is -1.07. The number of hydrogen-bond donors (Lipinski definition) is 1. The van der Waals surface area contributed by atoms with Crippen LogP contribution in [0.1, 0.15) is 11.1 Å². The molecule has 0 spiro atoms. The third-order valence-electron chi connectivity index (χ3n) is 2.39. The minimum Gasteiger partial charge on any atom is -0.496 e. The molecule has 0 aliphatic heterocycles. The van der Waals surface area contributed by atoms with Crippen LogP contribution in [0.25, 0.3) is 0 Å². The molecular formula is C11H16O4S. The highest BCUT2D eigenvalue weighted by atomic mass is 32.2. The highest BCUT2D eigenvalue weighted by molar-refractivity contribution is 7.91. The lowest BCUT2D eigenvalue weighted by molar-refractivity contribution is 0.319. The molecule has 0 unspecified atom stereocenters. The van der Waals surface area contributed by atoms with Crippen LogP contribution >= 0.6 is 0 Å². The normalized spacial score (nSPS) is 11.5. The van der Waals surface area contributed by atoms with E-state index in [4.69, 9.17) is 9.84 Å². The smallest absolute Gasteiger partial charge is 0.181 e. The van der Waals surface area contributed by atoms with E-state index in [1.807, 2.05) is 6.92 Å². The van der Waals surface area contributed by atoms with E-state index in [2.05, 4.69) is 0 Å². The first-order valence-corrected chi connectivity index (χ1v) is 6.56. The molecule has 0 saturated carbocycles. The molecule has 0 fully saturated rings. The fourth-order valence-corrected chi connectivity index (χ4v) is 2.90. The second kappa shape index (κ2) is 4.84. The summed E-state index contributed by atoms with van der Waals surface area (Å²) in [5.41, 5.74) is 1.56. The van der Waals surface area contributed by atoms with Crippen LogP contribution in [0.5, 0.6) is 5.75 Å². The van der Waals surface area contributed by atoms with Crippen LogP contribution in [0.4, 0.5) is 0 Å². The summed E-state index contributed by atoms with van der Waals surface area (Å²) in [6, 6.07) is 3.28. The van der Waals surface area contributed by atoms with E-state index in [1.165, 1.54) is 13.2 Å². The standard InChI is InChI=1S/C11H16O4S/c1-8-6-9(2)11(7-10(8)15-3)16(13,14)5-4-12/h6-7,12H,4-5H2,1-3H3. The third-order valence-corrected chi connectivity index (χ3v) is 4.22. The summed E-state index contributed by atoms with van der Waals surface area (Å²) in [5, 5.41) is 8.72. The zero-order valence-electron chi connectivity index (χ0n) is 9.65. The van der Waals surface area contributed by atoms with Crippen molar-refractivity contribution in [1.82, 2.24) is 0 Å². The summed E-state index contributed by atoms with van der Waals surface area (Å²) in [7, 11) is -1.92. The van der Waals surface area contributed by atoms with Crippen LogP contribution in [0.2, 0.25) is 0 Å². The maximum absolute atomic E-state index is 11.8. The summed E-state index contributed by atoms with van der Waals surface area (Å²) in [5.74, 6) is 0.280. The molecule has 0 aliphatic rings. The molecule has 0 bridgehead atoms. The van der Waals surface area contributed by atoms with Crippen molar-refractivity contribution in [2.24, 2.45) is 0 Å². The average Bonchev–Trinajstić information content (AvgIpc) is 2.17. The molecule has 1 N–H and O–H groups in total. The van der Waals surface area contributed by atoms with E-state index in [1.54, 1.807) is 13.0 Å². The number of benzene rings is 1. The van der Waals surface area contributed by atoms with Gasteiger partial charge < -0.3 is 9.84 Å². The van der Waals surface area contributed by atoms with Crippen LogP contribution in [0.3, 0.4) is 0 Å². The summed E-state index contributed by atoms with van der Waals surface area (Å²) < 4.78 is 28.7. The molecule has 0 aromatic heterocycles. The molecule has 5 heteroatoms. The van der Waals surface area contributed by atoms with Crippen LogP contribution < -0.4 is 4.74 Å². The van der Waals surface area contributed by atoms with Gasteiger partial charge in [0.15, 0.2) is 9.84 Å². The number of aliphatic hydroxyl groups is 1. The fourth-order valence-electron chi connectivity index (χ4n) is 1.60. The fraction of sp³-hybridized carbons (Fsp3) is 0.455. The molecule has 0 heterocycles. The van der Waals surface area contributed by atoms with E-state index in [-0.39, 0.29) is 17.3 Å². The van der Waals surface area contributed by atoms with Crippen molar-refractivity contribution >= 4 is 9.84 Å². The number of aryl methyl sites for hydroxylation is 2. The van der Waals surface area contributed by atoms with Gasteiger partial charge in [0.1, 0.15) is 5.75 Å². The number of methoxy groups -OCH3 is 1. The van der Waals surface area contributed by atoms with Gasteiger partial charge in [0.2, 0.25) is 0 Å². The lowest BCUT2D eigenvalue weighted by atomic mass is 10.1. The Morgan fingerprint density at radius 3 is 2.38 bits per heavy atom. The maximum atomic E-state index is 11.8. The summed E-state index contributed by atoms with van der Waals surface area (Å²) >= 11 is 0. The minimum absolute atomic E-state index is 0.226. The topological polar surface area (TPSA) is 63.6 Å². The molecule has 1 rings (SSSR count). The van der Waals surface area contributed by atoms with E-state index in [9.17, 15) is 8.42 Å². The van der Waals surface area contributed by atoms with Crippen molar-refractivity contribution in [3.63, 3.8) is 0 Å². The zero-order valence-corrected chi connectivity index (χ0v) is 10.5. The first kappa shape index (κ1) is 13.0. The SMILES string of the molecule is COc1cc(S(=O)(=O)CCO)c(C)cc1C. The number of hydrogen-bond acceptors (Lipinski definition) is 4. The Kier molecular flexibility index (Phi) is 3.93. The van der Waals surface area contributed by atoms with Gasteiger partial charge in [-0.2, -0.15) is 0 Å². The predicted octanol–water partition coefficient (Wildman–Crippen LogP) is 1.08. The molecular weight excluding hydrogens is 228 g/mol. The molecule has 1 aromatic rings. The van der Waals surface area contributed by atoms with Gasteiger partial charge in [-0.15, -0.1) is 0 Å². The van der Waals surface area contributed by atoms with Gasteiger partial charge in [0, 0.05) is 0 Å². The number of ether oxygens (including phenoxy) is 1. The van der Waals surface area contributed by atoms with Gasteiger partial charge in [-0.25, -0.2) is 8.42 Å². The minimum atomic E-state index is -3.42. The van der Waals surface area contributed by atoms with Crippen molar-refractivity contribution in [2.75, 3.05) is 19.5 Å². The van der Waals surface area contributed by atoms with Crippen molar-refractivity contribution in [2.45, 2.75) is 18.7 Å². The first-order chi connectivity index (χ1) is 7.42. The number of sulfone groups is 1. The second-order valence-corrected chi connectivity index (χ2v) is 5.71. The Morgan fingerprint density at radius 2 is 1.88 bits per heavy atom. The van der Waals surface area contributed by atoms with Gasteiger partial charge in [-0.3, -0.25) is 0 Å². The molecule has 90 valence electrons. The van der Waals surface area contributed by atoms with Gasteiger partial charge in [0.05, 0.1) is 24.4 Å². The lowest BCUT2D eigenvalue weighted by Gasteiger charge is -2.11. The van der Waals surface area contributed by atoms with Crippen molar-refractivity contribution in [3.05, 3.63) is 23.3 Å². The lowest BCUT2D eigenvalue weighted by Crippen LogP contribution is -2.12. The average molecular weight is 244 g/mol. The molecule has 0 radical (unpaired) electrons.